The van der Waals surface area contributed by atoms with Crippen LogP contribution in [0.2, 0.25) is 0 Å². The molecule has 132 valence electrons. The molecule has 0 aromatic carbocycles. The van der Waals surface area contributed by atoms with Gasteiger partial charge in [-0.2, -0.15) is 0 Å². The second-order valence-corrected chi connectivity index (χ2v) is 7.34. The van der Waals surface area contributed by atoms with Crippen LogP contribution in [0.1, 0.15) is 89.9 Å². The van der Waals surface area contributed by atoms with Crippen LogP contribution in [0.5, 0.6) is 0 Å². The molecule has 0 heterocycles. The lowest BCUT2D eigenvalue weighted by Gasteiger charge is -2.11. The number of hydrogen-bond acceptors (Lipinski definition) is 2. The highest BCUT2D eigenvalue weighted by Crippen LogP contribution is 2.24. The van der Waals surface area contributed by atoms with Gasteiger partial charge in [-0.3, -0.25) is 9.59 Å². The topological polar surface area (TPSA) is 58.2 Å². The maximum absolute atomic E-state index is 11.8. The number of unbranched alkanes of at least 4 members (excludes halogenated alkanes) is 4. The third-order valence-electron chi connectivity index (χ3n) is 5.33. The van der Waals surface area contributed by atoms with Crippen molar-refractivity contribution in [3.8, 4) is 0 Å². The zero-order chi connectivity index (χ0) is 16.3. The van der Waals surface area contributed by atoms with Crippen molar-refractivity contribution in [1.29, 1.82) is 0 Å². The van der Waals surface area contributed by atoms with Crippen molar-refractivity contribution in [1.82, 2.24) is 10.6 Å². The van der Waals surface area contributed by atoms with Gasteiger partial charge in [-0.1, -0.05) is 44.9 Å². The summed E-state index contributed by atoms with van der Waals surface area (Å²) in [4.78, 5) is 23.6. The van der Waals surface area contributed by atoms with Crippen LogP contribution in [0.25, 0.3) is 0 Å². The van der Waals surface area contributed by atoms with Crippen LogP contribution >= 0.6 is 0 Å². The Kier molecular flexibility index (Phi) is 8.48. The van der Waals surface area contributed by atoms with Crippen LogP contribution in [0.3, 0.4) is 0 Å². The van der Waals surface area contributed by atoms with Gasteiger partial charge < -0.3 is 10.6 Å². The number of carbonyl (C=O) groups is 2. The summed E-state index contributed by atoms with van der Waals surface area (Å²) in [5.41, 5.74) is 0. The van der Waals surface area contributed by atoms with Gasteiger partial charge >= 0.3 is 0 Å². The predicted molar refractivity (Wildman–Crippen MR) is 93.1 cm³/mol. The van der Waals surface area contributed by atoms with Gasteiger partial charge in [0.05, 0.1) is 0 Å². The molecule has 2 aliphatic carbocycles. The minimum atomic E-state index is 0.237. The zero-order valence-corrected chi connectivity index (χ0v) is 14.6. The van der Waals surface area contributed by atoms with Gasteiger partial charge in [-0.05, 0) is 38.5 Å². The lowest BCUT2D eigenvalue weighted by molar-refractivity contribution is -0.125. The van der Waals surface area contributed by atoms with Crippen molar-refractivity contribution in [2.24, 2.45) is 5.92 Å². The molecule has 0 saturated heterocycles. The van der Waals surface area contributed by atoms with E-state index in [2.05, 4.69) is 10.6 Å². The molecule has 2 aliphatic rings. The van der Waals surface area contributed by atoms with E-state index in [9.17, 15) is 9.59 Å². The Morgan fingerprint density at radius 2 is 1.39 bits per heavy atom. The molecule has 0 aromatic heterocycles. The molecule has 2 saturated carbocycles. The first-order chi connectivity index (χ1) is 11.3. The third-order valence-corrected chi connectivity index (χ3v) is 5.33. The second kappa shape index (κ2) is 10.7. The summed E-state index contributed by atoms with van der Waals surface area (Å²) >= 11 is 0. The quantitative estimate of drug-likeness (QED) is 0.603. The van der Waals surface area contributed by atoms with Crippen molar-refractivity contribution in [2.45, 2.75) is 95.9 Å². The van der Waals surface area contributed by atoms with E-state index in [-0.39, 0.29) is 17.7 Å². The average Bonchev–Trinajstić information content (AvgIpc) is 3.22. The summed E-state index contributed by atoms with van der Waals surface area (Å²) in [6, 6.07) is 0.450. The Balaban J connectivity index is 1.36. The van der Waals surface area contributed by atoms with E-state index in [4.69, 9.17) is 0 Å². The summed E-state index contributed by atoms with van der Waals surface area (Å²) in [7, 11) is 0. The molecular weight excluding hydrogens is 288 g/mol. The lowest BCUT2D eigenvalue weighted by Crippen LogP contribution is -2.32. The molecule has 0 bridgehead atoms. The minimum absolute atomic E-state index is 0.237. The van der Waals surface area contributed by atoms with Gasteiger partial charge in [0.1, 0.15) is 0 Å². The molecule has 2 N–H and O–H groups in total. The van der Waals surface area contributed by atoms with Crippen LogP contribution in [0, 0.1) is 5.92 Å². The first-order valence-electron chi connectivity index (χ1n) is 9.83. The van der Waals surface area contributed by atoms with Crippen molar-refractivity contribution >= 4 is 11.8 Å². The Morgan fingerprint density at radius 1 is 0.783 bits per heavy atom. The van der Waals surface area contributed by atoms with Crippen LogP contribution < -0.4 is 10.6 Å². The number of amides is 2. The van der Waals surface area contributed by atoms with E-state index >= 15 is 0 Å². The van der Waals surface area contributed by atoms with Crippen LogP contribution in [0.4, 0.5) is 0 Å². The molecule has 0 spiro atoms. The molecule has 23 heavy (non-hydrogen) atoms. The first kappa shape index (κ1) is 18.3. The Hall–Kier alpha value is -1.06. The molecule has 0 aliphatic heterocycles. The Bertz CT molecular complexity index is 358. The fraction of sp³-hybridized carbons (Fsp3) is 0.895. The van der Waals surface area contributed by atoms with E-state index in [1.807, 2.05) is 0 Å². The number of rotatable bonds is 10. The van der Waals surface area contributed by atoms with Gasteiger partial charge in [0.15, 0.2) is 0 Å². The monoisotopic (exact) mass is 322 g/mol. The molecule has 2 fully saturated rings. The van der Waals surface area contributed by atoms with Gasteiger partial charge in [0.25, 0.3) is 0 Å². The molecule has 2 amide bonds. The molecule has 0 atom stereocenters. The highest BCUT2D eigenvalue weighted by molar-refractivity contribution is 5.78. The highest BCUT2D eigenvalue weighted by Gasteiger charge is 2.21. The number of carbonyl (C=O) groups excluding carboxylic acids is 2. The highest BCUT2D eigenvalue weighted by atomic mass is 16.2. The number of nitrogens with one attached hydrogen (secondary N) is 2. The van der Waals surface area contributed by atoms with Gasteiger partial charge in [-0.25, -0.2) is 0 Å². The van der Waals surface area contributed by atoms with Crippen molar-refractivity contribution in [3.63, 3.8) is 0 Å². The largest absolute Gasteiger partial charge is 0.356 e. The summed E-state index contributed by atoms with van der Waals surface area (Å²) in [6.45, 7) is 0.817. The van der Waals surface area contributed by atoms with Gasteiger partial charge in [-0.15, -0.1) is 0 Å². The summed E-state index contributed by atoms with van der Waals surface area (Å²) in [6.07, 6.45) is 15.6. The van der Waals surface area contributed by atoms with E-state index in [1.54, 1.807) is 0 Å². The van der Waals surface area contributed by atoms with E-state index in [0.717, 1.165) is 64.3 Å². The molecule has 4 heteroatoms. The lowest BCUT2D eigenvalue weighted by atomic mass is 10.1. The fourth-order valence-corrected chi connectivity index (χ4v) is 3.85. The molecule has 2 rings (SSSR count). The summed E-state index contributed by atoms with van der Waals surface area (Å²) < 4.78 is 0. The van der Waals surface area contributed by atoms with E-state index < -0.39 is 0 Å². The fourth-order valence-electron chi connectivity index (χ4n) is 3.85. The van der Waals surface area contributed by atoms with Crippen LogP contribution in [-0.2, 0) is 9.59 Å². The molecule has 4 nitrogen and oxygen atoms in total. The normalized spacial score (nSPS) is 19.1. The SMILES string of the molecule is O=C(CCCCCCCNC(=O)C1CCCC1)NC1CCCC1. The smallest absolute Gasteiger partial charge is 0.223 e. The van der Waals surface area contributed by atoms with Crippen LogP contribution in [0.15, 0.2) is 0 Å². The first-order valence-corrected chi connectivity index (χ1v) is 9.83. The van der Waals surface area contributed by atoms with E-state index in [1.165, 1.54) is 25.7 Å². The zero-order valence-electron chi connectivity index (χ0n) is 14.6. The Labute approximate surface area is 141 Å². The molecule has 0 unspecified atom stereocenters. The minimum Gasteiger partial charge on any atom is -0.356 e. The average molecular weight is 322 g/mol. The molecular formula is C19H34N2O2. The second-order valence-electron chi connectivity index (χ2n) is 7.34. The Morgan fingerprint density at radius 3 is 2.13 bits per heavy atom. The standard InChI is InChI=1S/C19H34N2O2/c22-18(21-17-12-7-8-13-17)14-4-2-1-3-9-15-20-19(23)16-10-5-6-11-16/h16-17H,1-15H2,(H,20,23)(H,21,22). The molecule has 0 aromatic rings. The third kappa shape index (κ3) is 7.36. The maximum atomic E-state index is 11.8. The van der Waals surface area contributed by atoms with Crippen LogP contribution in [-0.4, -0.2) is 24.4 Å². The van der Waals surface area contributed by atoms with Crippen molar-refractivity contribution in [2.75, 3.05) is 6.54 Å². The van der Waals surface area contributed by atoms with E-state index in [0.29, 0.717) is 12.5 Å². The van der Waals surface area contributed by atoms with Gasteiger partial charge in [0.2, 0.25) is 11.8 Å². The van der Waals surface area contributed by atoms with Gasteiger partial charge in [0, 0.05) is 24.9 Å². The predicted octanol–water partition coefficient (Wildman–Crippen LogP) is 3.69. The molecule has 0 radical (unpaired) electrons. The number of hydrogen-bond donors (Lipinski definition) is 2. The maximum Gasteiger partial charge on any atom is 0.223 e. The summed E-state index contributed by atoms with van der Waals surface area (Å²) in [5, 5.41) is 6.21. The van der Waals surface area contributed by atoms with Crippen molar-refractivity contribution < 1.29 is 9.59 Å². The summed E-state index contributed by atoms with van der Waals surface area (Å²) in [5.74, 6) is 0.792. The van der Waals surface area contributed by atoms with Crippen molar-refractivity contribution in [3.05, 3.63) is 0 Å².